The van der Waals surface area contributed by atoms with Crippen molar-refractivity contribution in [3.63, 3.8) is 0 Å². The van der Waals surface area contributed by atoms with Crippen molar-refractivity contribution in [3.8, 4) is 0 Å². The van der Waals surface area contributed by atoms with Crippen molar-refractivity contribution in [2.45, 2.75) is 27.2 Å². The summed E-state index contributed by atoms with van der Waals surface area (Å²) in [7, 11) is 1.87. The van der Waals surface area contributed by atoms with Crippen LogP contribution < -0.4 is 0 Å². The third kappa shape index (κ3) is 3.59. The van der Waals surface area contributed by atoms with Gasteiger partial charge in [0.15, 0.2) is 0 Å². The van der Waals surface area contributed by atoms with E-state index in [0.29, 0.717) is 5.92 Å². The average Bonchev–Trinajstić information content (AvgIpc) is 2.54. The second-order valence-corrected chi connectivity index (χ2v) is 6.85. The molecule has 1 heterocycles. The smallest absolute Gasteiger partial charge is 0.263 e. The lowest BCUT2D eigenvalue weighted by Crippen LogP contribution is -2.27. The first-order valence-corrected chi connectivity index (χ1v) is 7.04. The van der Waals surface area contributed by atoms with E-state index in [4.69, 9.17) is 0 Å². The predicted octanol–water partition coefficient (Wildman–Crippen LogP) is 3.94. The highest BCUT2D eigenvalue weighted by Gasteiger charge is 2.15. The fourth-order valence-electron chi connectivity index (χ4n) is 1.31. The average molecular weight is 304 g/mol. The monoisotopic (exact) mass is 303 g/mol. The van der Waals surface area contributed by atoms with E-state index in [-0.39, 0.29) is 5.91 Å². The SMILES string of the molecule is Cc1cc(C(=O)N(C)CCC(C)C)sc1Br. The van der Waals surface area contributed by atoms with Crippen LogP contribution in [0, 0.1) is 12.8 Å². The fraction of sp³-hybridized carbons (Fsp3) is 0.583. The molecule has 2 nitrogen and oxygen atoms in total. The van der Waals surface area contributed by atoms with E-state index in [1.165, 1.54) is 11.3 Å². The molecule has 4 heteroatoms. The maximum absolute atomic E-state index is 12.0. The molecule has 0 aliphatic heterocycles. The lowest BCUT2D eigenvalue weighted by atomic mass is 10.1. The molecule has 1 aromatic heterocycles. The lowest BCUT2D eigenvalue weighted by molar-refractivity contribution is 0.0794. The minimum absolute atomic E-state index is 0.124. The molecule has 0 spiro atoms. The van der Waals surface area contributed by atoms with Gasteiger partial charge in [-0.25, -0.2) is 0 Å². The van der Waals surface area contributed by atoms with E-state index in [1.54, 1.807) is 4.90 Å². The lowest BCUT2D eigenvalue weighted by Gasteiger charge is -2.17. The molecular weight excluding hydrogens is 286 g/mol. The number of nitrogens with zero attached hydrogens (tertiary/aromatic N) is 1. The number of thiophene rings is 1. The third-order valence-corrected chi connectivity index (χ3v) is 4.58. The zero-order valence-corrected chi connectivity index (χ0v) is 12.6. The molecule has 1 amide bonds. The second kappa shape index (κ2) is 5.82. The van der Waals surface area contributed by atoms with Gasteiger partial charge in [0, 0.05) is 13.6 Å². The Morgan fingerprint density at radius 1 is 1.56 bits per heavy atom. The van der Waals surface area contributed by atoms with Gasteiger partial charge >= 0.3 is 0 Å². The highest BCUT2D eigenvalue weighted by Crippen LogP contribution is 2.28. The second-order valence-electron chi connectivity index (χ2n) is 4.48. The Labute approximate surface area is 110 Å². The molecule has 0 aliphatic rings. The van der Waals surface area contributed by atoms with E-state index >= 15 is 0 Å². The number of rotatable bonds is 4. The summed E-state index contributed by atoms with van der Waals surface area (Å²) >= 11 is 4.95. The van der Waals surface area contributed by atoms with Crippen LogP contribution in [0.2, 0.25) is 0 Å². The Balaban J connectivity index is 2.63. The van der Waals surface area contributed by atoms with Gasteiger partial charge in [-0.2, -0.15) is 0 Å². The molecule has 0 aromatic carbocycles. The normalized spacial score (nSPS) is 10.9. The van der Waals surface area contributed by atoms with Crippen LogP contribution in [0.15, 0.2) is 9.85 Å². The van der Waals surface area contributed by atoms with Crippen molar-refractivity contribution in [2.75, 3.05) is 13.6 Å². The summed E-state index contributed by atoms with van der Waals surface area (Å²) in [4.78, 5) is 14.7. The molecule has 0 aliphatic carbocycles. The topological polar surface area (TPSA) is 20.3 Å². The van der Waals surface area contributed by atoms with Crippen LogP contribution in [0.25, 0.3) is 0 Å². The van der Waals surface area contributed by atoms with Crippen molar-refractivity contribution in [1.29, 1.82) is 0 Å². The van der Waals surface area contributed by atoms with Gasteiger partial charge in [-0.05, 0) is 46.8 Å². The number of carbonyl (C=O) groups excluding carboxylic acids is 1. The number of amides is 1. The molecule has 0 saturated carbocycles. The Morgan fingerprint density at radius 3 is 2.62 bits per heavy atom. The zero-order chi connectivity index (χ0) is 12.3. The molecule has 1 aromatic rings. The Hall–Kier alpha value is -0.350. The van der Waals surface area contributed by atoms with Gasteiger partial charge in [0.05, 0.1) is 8.66 Å². The first-order valence-electron chi connectivity index (χ1n) is 5.43. The highest BCUT2D eigenvalue weighted by atomic mass is 79.9. The molecule has 0 saturated heterocycles. The van der Waals surface area contributed by atoms with E-state index in [9.17, 15) is 4.79 Å². The van der Waals surface area contributed by atoms with Crippen LogP contribution in [0.4, 0.5) is 0 Å². The van der Waals surface area contributed by atoms with Crippen LogP contribution in [0.3, 0.4) is 0 Å². The Bertz CT molecular complexity index is 354. The minimum atomic E-state index is 0.124. The molecule has 16 heavy (non-hydrogen) atoms. The number of carbonyl (C=O) groups is 1. The van der Waals surface area contributed by atoms with Crippen LogP contribution in [-0.2, 0) is 0 Å². The Kier molecular flexibility index (Phi) is 4.99. The van der Waals surface area contributed by atoms with E-state index < -0.39 is 0 Å². The molecule has 0 fully saturated rings. The zero-order valence-electron chi connectivity index (χ0n) is 10.2. The fourth-order valence-corrected chi connectivity index (χ4v) is 2.84. The quantitative estimate of drug-likeness (QED) is 0.825. The van der Waals surface area contributed by atoms with E-state index in [1.807, 2.05) is 20.0 Å². The maximum Gasteiger partial charge on any atom is 0.263 e. The number of halogens is 1. The molecule has 90 valence electrons. The molecule has 0 N–H and O–H groups in total. The van der Waals surface area contributed by atoms with Crippen molar-refractivity contribution in [1.82, 2.24) is 4.90 Å². The van der Waals surface area contributed by atoms with Gasteiger partial charge in [0.2, 0.25) is 0 Å². The van der Waals surface area contributed by atoms with Crippen molar-refractivity contribution in [2.24, 2.45) is 5.92 Å². The summed E-state index contributed by atoms with van der Waals surface area (Å²) in [6.45, 7) is 7.17. The van der Waals surface area contributed by atoms with Crippen LogP contribution in [-0.4, -0.2) is 24.4 Å². The molecule has 1 rings (SSSR count). The van der Waals surface area contributed by atoms with Gasteiger partial charge in [0.25, 0.3) is 5.91 Å². The van der Waals surface area contributed by atoms with E-state index in [0.717, 1.165) is 27.2 Å². The molecule has 0 unspecified atom stereocenters. The summed E-state index contributed by atoms with van der Waals surface area (Å²) in [6, 6.07) is 1.95. The largest absolute Gasteiger partial charge is 0.341 e. The van der Waals surface area contributed by atoms with Crippen molar-refractivity contribution < 1.29 is 4.79 Å². The molecular formula is C12H18BrNOS. The predicted molar refractivity (Wildman–Crippen MR) is 73.2 cm³/mol. The molecule has 0 radical (unpaired) electrons. The number of hydrogen-bond acceptors (Lipinski definition) is 2. The molecule has 0 bridgehead atoms. The number of hydrogen-bond donors (Lipinski definition) is 0. The first kappa shape index (κ1) is 13.7. The van der Waals surface area contributed by atoms with Gasteiger partial charge < -0.3 is 4.90 Å². The van der Waals surface area contributed by atoms with Crippen LogP contribution in [0.5, 0.6) is 0 Å². The van der Waals surface area contributed by atoms with Gasteiger partial charge in [-0.3, -0.25) is 4.79 Å². The summed E-state index contributed by atoms with van der Waals surface area (Å²) in [5.74, 6) is 0.756. The van der Waals surface area contributed by atoms with Crippen LogP contribution >= 0.6 is 27.3 Å². The standard InChI is InChI=1S/C12H18BrNOS/c1-8(2)5-6-14(4)12(15)10-7-9(3)11(13)16-10/h7-8H,5-6H2,1-4H3. The van der Waals surface area contributed by atoms with Crippen LogP contribution in [0.1, 0.15) is 35.5 Å². The van der Waals surface area contributed by atoms with Gasteiger partial charge in [0.1, 0.15) is 0 Å². The number of aryl methyl sites for hydroxylation is 1. The van der Waals surface area contributed by atoms with E-state index in [2.05, 4.69) is 29.8 Å². The third-order valence-electron chi connectivity index (χ3n) is 2.46. The minimum Gasteiger partial charge on any atom is -0.341 e. The van der Waals surface area contributed by atoms with Gasteiger partial charge in [-0.15, -0.1) is 11.3 Å². The maximum atomic E-state index is 12.0. The highest BCUT2D eigenvalue weighted by molar-refractivity contribution is 9.11. The summed E-state index contributed by atoms with van der Waals surface area (Å²) in [5, 5.41) is 0. The molecule has 0 atom stereocenters. The summed E-state index contributed by atoms with van der Waals surface area (Å²) < 4.78 is 1.05. The first-order chi connectivity index (χ1) is 7.41. The Morgan fingerprint density at radius 2 is 2.19 bits per heavy atom. The summed E-state index contributed by atoms with van der Waals surface area (Å²) in [5.41, 5.74) is 1.13. The van der Waals surface area contributed by atoms with Gasteiger partial charge in [-0.1, -0.05) is 13.8 Å². The summed E-state index contributed by atoms with van der Waals surface area (Å²) in [6.07, 6.45) is 1.05. The van der Waals surface area contributed by atoms with Crippen molar-refractivity contribution in [3.05, 3.63) is 20.3 Å². The van der Waals surface area contributed by atoms with Crippen molar-refractivity contribution >= 4 is 33.2 Å².